The molecule has 1 atom stereocenters. The van der Waals surface area contributed by atoms with Crippen molar-refractivity contribution in [3.05, 3.63) is 36.0 Å². The highest BCUT2D eigenvalue weighted by atomic mass is 32.2. The molecule has 5 heteroatoms. The summed E-state index contributed by atoms with van der Waals surface area (Å²) in [5.41, 5.74) is 2.29. The zero-order valence-corrected chi connectivity index (χ0v) is 11.7. The number of benzene rings is 1. The number of carbonyl (C=O) groups is 1. The van der Waals surface area contributed by atoms with Crippen molar-refractivity contribution in [3.63, 3.8) is 0 Å². The Labute approximate surface area is 115 Å². The van der Waals surface area contributed by atoms with E-state index in [0.29, 0.717) is 6.42 Å². The van der Waals surface area contributed by atoms with Gasteiger partial charge in [-0.1, -0.05) is 30.0 Å². The van der Waals surface area contributed by atoms with Crippen molar-refractivity contribution < 1.29 is 4.79 Å². The maximum Gasteiger partial charge on any atom is 0.262 e. The first-order valence-electron chi connectivity index (χ1n) is 6.16. The molecule has 1 aliphatic heterocycles. The number of amidine groups is 1. The third-order valence-electron chi connectivity index (χ3n) is 3.19. The van der Waals surface area contributed by atoms with Gasteiger partial charge >= 0.3 is 0 Å². The normalized spacial score (nSPS) is 18.9. The molecule has 1 unspecified atom stereocenters. The van der Waals surface area contributed by atoms with Crippen LogP contribution in [0.4, 0.5) is 0 Å². The molecule has 2 aromatic rings. The van der Waals surface area contributed by atoms with E-state index in [1.54, 1.807) is 11.8 Å². The van der Waals surface area contributed by atoms with Crippen LogP contribution in [0, 0.1) is 0 Å². The Kier molecular flexibility index (Phi) is 3.06. The first-order valence-corrected chi connectivity index (χ1v) is 7.04. The van der Waals surface area contributed by atoms with Gasteiger partial charge in [-0.25, -0.2) is 0 Å². The lowest BCUT2D eigenvalue weighted by atomic mass is 10.1. The standard InChI is InChI=1S/C14H15N3OS/c1-17(2)14-16-13(18)12(19-14)7-9-8-15-11-6-4-3-5-10(9)11/h3-6,8,12,15H,7H2,1-2H3. The molecule has 0 saturated carbocycles. The number of carbonyl (C=O) groups excluding carboxylic acids is 1. The van der Waals surface area contributed by atoms with Crippen LogP contribution in [0.3, 0.4) is 0 Å². The van der Waals surface area contributed by atoms with Crippen molar-refractivity contribution >= 4 is 33.7 Å². The number of nitrogens with zero attached hydrogens (tertiary/aromatic N) is 2. The van der Waals surface area contributed by atoms with Crippen molar-refractivity contribution in [2.45, 2.75) is 11.7 Å². The second-order valence-electron chi connectivity index (χ2n) is 4.80. The average Bonchev–Trinajstić information content (AvgIpc) is 2.96. The number of thioether (sulfide) groups is 1. The number of amides is 1. The number of aromatic nitrogens is 1. The van der Waals surface area contributed by atoms with E-state index in [4.69, 9.17) is 0 Å². The van der Waals surface area contributed by atoms with Gasteiger partial charge in [-0.15, -0.1) is 0 Å². The van der Waals surface area contributed by atoms with E-state index in [1.807, 2.05) is 43.4 Å². The maximum absolute atomic E-state index is 11.9. The fourth-order valence-corrected chi connectivity index (χ4v) is 3.23. The van der Waals surface area contributed by atoms with E-state index >= 15 is 0 Å². The number of hydrogen-bond donors (Lipinski definition) is 1. The second-order valence-corrected chi connectivity index (χ2v) is 5.97. The molecule has 19 heavy (non-hydrogen) atoms. The summed E-state index contributed by atoms with van der Waals surface area (Å²) in [4.78, 5) is 21.1. The van der Waals surface area contributed by atoms with Crippen LogP contribution in [0.15, 0.2) is 35.5 Å². The molecule has 0 fully saturated rings. The lowest BCUT2D eigenvalue weighted by molar-refractivity contribution is -0.117. The molecule has 4 nitrogen and oxygen atoms in total. The van der Waals surface area contributed by atoms with Crippen LogP contribution in [0.5, 0.6) is 0 Å². The largest absolute Gasteiger partial charge is 0.361 e. The number of hydrogen-bond acceptors (Lipinski definition) is 3. The molecule has 0 saturated heterocycles. The summed E-state index contributed by atoms with van der Waals surface area (Å²) in [5.74, 6) is -0.0287. The molecule has 0 spiro atoms. The number of fused-ring (bicyclic) bond motifs is 1. The number of H-pyrrole nitrogens is 1. The smallest absolute Gasteiger partial charge is 0.262 e. The quantitative estimate of drug-likeness (QED) is 0.913. The minimum Gasteiger partial charge on any atom is -0.361 e. The monoisotopic (exact) mass is 273 g/mol. The van der Waals surface area contributed by atoms with Crippen molar-refractivity contribution in [2.24, 2.45) is 4.99 Å². The fraction of sp³-hybridized carbons (Fsp3) is 0.286. The van der Waals surface area contributed by atoms with Crippen molar-refractivity contribution in [1.82, 2.24) is 9.88 Å². The Morgan fingerprint density at radius 3 is 2.89 bits per heavy atom. The Bertz CT molecular complexity index is 660. The molecule has 1 amide bonds. The topological polar surface area (TPSA) is 48.5 Å². The fourth-order valence-electron chi connectivity index (χ4n) is 2.20. The van der Waals surface area contributed by atoms with E-state index < -0.39 is 0 Å². The second kappa shape index (κ2) is 4.74. The van der Waals surface area contributed by atoms with Crippen LogP contribution in [0.25, 0.3) is 10.9 Å². The van der Waals surface area contributed by atoms with Gasteiger partial charge in [0.25, 0.3) is 5.91 Å². The van der Waals surface area contributed by atoms with Gasteiger partial charge < -0.3 is 9.88 Å². The van der Waals surface area contributed by atoms with E-state index in [0.717, 1.165) is 10.7 Å². The summed E-state index contributed by atoms with van der Waals surface area (Å²) in [6, 6.07) is 8.15. The predicted octanol–water partition coefficient (Wildman–Crippen LogP) is 2.27. The summed E-state index contributed by atoms with van der Waals surface area (Å²) in [7, 11) is 3.82. The molecule has 1 aromatic heterocycles. The average molecular weight is 273 g/mol. The first kappa shape index (κ1) is 12.3. The van der Waals surface area contributed by atoms with Gasteiger partial charge in [-0.2, -0.15) is 4.99 Å². The molecule has 2 heterocycles. The molecule has 0 radical (unpaired) electrons. The van der Waals surface area contributed by atoms with E-state index in [-0.39, 0.29) is 11.2 Å². The lowest BCUT2D eigenvalue weighted by Crippen LogP contribution is -2.18. The number of aromatic amines is 1. The molecule has 1 N–H and O–H groups in total. The van der Waals surface area contributed by atoms with Crippen molar-refractivity contribution in [1.29, 1.82) is 0 Å². The molecule has 1 aliphatic rings. The number of aliphatic imine (C=N–C) groups is 1. The van der Waals surface area contributed by atoms with Crippen LogP contribution in [-0.4, -0.2) is 40.3 Å². The van der Waals surface area contributed by atoms with E-state index in [1.165, 1.54) is 10.9 Å². The zero-order valence-electron chi connectivity index (χ0n) is 10.9. The van der Waals surface area contributed by atoms with Gasteiger partial charge in [0, 0.05) is 31.2 Å². The summed E-state index contributed by atoms with van der Waals surface area (Å²) in [6.07, 6.45) is 2.71. The third-order valence-corrected chi connectivity index (χ3v) is 4.51. The van der Waals surface area contributed by atoms with Crippen molar-refractivity contribution in [2.75, 3.05) is 14.1 Å². The van der Waals surface area contributed by atoms with E-state index in [9.17, 15) is 4.79 Å². The maximum atomic E-state index is 11.9. The molecular weight excluding hydrogens is 258 g/mol. The van der Waals surface area contributed by atoms with Crippen LogP contribution in [-0.2, 0) is 11.2 Å². The molecule has 3 rings (SSSR count). The molecular formula is C14H15N3OS. The minimum absolute atomic E-state index is 0.0287. The van der Waals surface area contributed by atoms with Gasteiger partial charge in [0.2, 0.25) is 0 Å². The van der Waals surface area contributed by atoms with Crippen LogP contribution in [0.2, 0.25) is 0 Å². The Hall–Kier alpha value is -1.75. The molecule has 1 aromatic carbocycles. The summed E-state index contributed by atoms with van der Waals surface area (Å²) in [5, 5.41) is 1.89. The predicted molar refractivity (Wildman–Crippen MR) is 79.5 cm³/mol. The van der Waals surface area contributed by atoms with Crippen molar-refractivity contribution in [3.8, 4) is 0 Å². The number of para-hydroxylation sites is 1. The zero-order chi connectivity index (χ0) is 13.4. The highest BCUT2D eigenvalue weighted by Crippen LogP contribution is 2.29. The first-order chi connectivity index (χ1) is 9.15. The van der Waals surface area contributed by atoms with Crippen LogP contribution in [0.1, 0.15) is 5.56 Å². The summed E-state index contributed by atoms with van der Waals surface area (Å²) < 4.78 is 0. The van der Waals surface area contributed by atoms with Crippen LogP contribution < -0.4 is 0 Å². The highest BCUT2D eigenvalue weighted by molar-refractivity contribution is 8.15. The highest BCUT2D eigenvalue weighted by Gasteiger charge is 2.30. The van der Waals surface area contributed by atoms with Crippen LogP contribution >= 0.6 is 11.8 Å². The number of nitrogens with one attached hydrogen (secondary N) is 1. The summed E-state index contributed by atoms with van der Waals surface area (Å²) >= 11 is 1.55. The van der Waals surface area contributed by atoms with Gasteiger partial charge in [-0.3, -0.25) is 4.79 Å². The molecule has 0 bridgehead atoms. The Balaban J connectivity index is 1.82. The molecule has 0 aliphatic carbocycles. The Morgan fingerprint density at radius 2 is 2.16 bits per heavy atom. The van der Waals surface area contributed by atoms with Gasteiger partial charge in [0.05, 0.1) is 5.25 Å². The van der Waals surface area contributed by atoms with E-state index in [2.05, 4.69) is 16.0 Å². The van der Waals surface area contributed by atoms with Gasteiger partial charge in [0.15, 0.2) is 5.17 Å². The third kappa shape index (κ3) is 2.26. The summed E-state index contributed by atoms with van der Waals surface area (Å²) in [6.45, 7) is 0. The van der Waals surface area contributed by atoms with Gasteiger partial charge in [0.1, 0.15) is 0 Å². The molecule has 98 valence electrons. The lowest BCUT2D eigenvalue weighted by Gasteiger charge is -2.11. The van der Waals surface area contributed by atoms with Gasteiger partial charge in [-0.05, 0) is 18.1 Å². The Morgan fingerprint density at radius 1 is 1.37 bits per heavy atom. The minimum atomic E-state index is -0.100. The number of rotatable bonds is 2. The SMILES string of the molecule is CN(C)C1=NC(=O)C(Cc2c[nH]c3ccccc23)S1.